The van der Waals surface area contributed by atoms with Crippen molar-refractivity contribution in [3.8, 4) is 0 Å². The summed E-state index contributed by atoms with van der Waals surface area (Å²) < 4.78 is 5.04. The first kappa shape index (κ1) is 24.7. The molecule has 3 fully saturated rings. The summed E-state index contributed by atoms with van der Waals surface area (Å²) in [7, 11) is 1.65. The maximum Gasteiger partial charge on any atom is 0.237 e. The van der Waals surface area contributed by atoms with E-state index in [0.29, 0.717) is 37.7 Å². The monoisotopic (exact) mass is 488 g/mol. The van der Waals surface area contributed by atoms with Crippen molar-refractivity contribution in [2.24, 2.45) is 0 Å². The predicted molar refractivity (Wildman–Crippen MR) is 136 cm³/mol. The number of carbonyl (C=O) groups is 2. The molecule has 1 aromatic rings. The molecule has 9 nitrogen and oxygen atoms in total. The SMILES string of the molecule is COCCNC(=S)NC1CC2C(=O)NCC(CCC(=O)N3CCN(c4ccccc4)CC3)N2C1. The van der Waals surface area contributed by atoms with E-state index < -0.39 is 0 Å². The number of anilines is 1. The van der Waals surface area contributed by atoms with E-state index in [1.807, 2.05) is 23.1 Å². The molecule has 0 saturated carbocycles. The summed E-state index contributed by atoms with van der Waals surface area (Å²) in [6.45, 7) is 5.78. The van der Waals surface area contributed by atoms with E-state index in [4.69, 9.17) is 17.0 Å². The summed E-state index contributed by atoms with van der Waals surface area (Å²) in [5.74, 6) is 0.278. The number of thiocarbonyl (C=S) groups is 1. The smallest absolute Gasteiger partial charge is 0.237 e. The summed E-state index contributed by atoms with van der Waals surface area (Å²) in [5.41, 5.74) is 1.21. The molecule has 3 heterocycles. The number of ether oxygens (including phenoxy) is 1. The lowest BCUT2D eigenvalue weighted by Crippen LogP contribution is -2.58. The number of methoxy groups -OCH3 is 1. The Morgan fingerprint density at radius 1 is 1.21 bits per heavy atom. The van der Waals surface area contributed by atoms with E-state index in [2.05, 4.69) is 37.9 Å². The molecule has 3 unspecified atom stereocenters. The van der Waals surface area contributed by atoms with E-state index in [0.717, 1.165) is 39.1 Å². The van der Waals surface area contributed by atoms with Crippen molar-refractivity contribution < 1.29 is 14.3 Å². The lowest BCUT2D eigenvalue weighted by atomic mass is 10.0. The first-order valence-electron chi connectivity index (χ1n) is 12.2. The van der Waals surface area contributed by atoms with Crippen molar-refractivity contribution in [3.63, 3.8) is 0 Å². The van der Waals surface area contributed by atoms with Crippen LogP contribution in [0.5, 0.6) is 0 Å². The van der Waals surface area contributed by atoms with Crippen LogP contribution in [0.15, 0.2) is 30.3 Å². The van der Waals surface area contributed by atoms with Crippen molar-refractivity contribution in [1.29, 1.82) is 0 Å². The number of amides is 2. The van der Waals surface area contributed by atoms with Crippen LogP contribution < -0.4 is 20.9 Å². The number of para-hydroxylation sites is 1. The molecular formula is C24H36N6O3S. The van der Waals surface area contributed by atoms with Gasteiger partial charge in [0.15, 0.2) is 5.11 Å². The molecule has 3 aliphatic rings. The highest BCUT2D eigenvalue weighted by Crippen LogP contribution is 2.26. The fourth-order valence-corrected chi connectivity index (χ4v) is 5.42. The molecule has 3 atom stereocenters. The van der Waals surface area contributed by atoms with Gasteiger partial charge in [-0.15, -0.1) is 0 Å². The average molecular weight is 489 g/mol. The molecule has 4 rings (SSSR count). The van der Waals surface area contributed by atoms with Crippen LogP contribution in [0.25, 0.3) is 0 Å². The molecule has 0 spiro atoms. The van der Waals surface area contributed by atoms with Gasteiger partial charge in [-0.05, 0) is 37.2 Å². The largest absolute Gasteiger partial charge is 0.383 e. The minimum Gasteiger partial charge on any atom is -0.383 e. The third-order valence-corrected chi connectivity index (χ3v) is 7.26. The number of benzene rings is 1. The van der Waals surface area contributed by atoms with Crippen LogP contribution in [-0.2, 0) is 14.3 Å². The van der Waals surface area contributed by atoms with Gasteiger partial charge < -0.3 is 30.5 Å². The third kappa shape index (κ3) is 6.17. The maximum atomic E-state index is 12.9. The molecule has 10 heteroatoms. The van der Waals surface area contributed by atoms with Gasteiger partial charge in [0.25, 0.3) is 0 Å². The van der Waals surface area contributed by atoms with Gasteiger partial charge in [0.05, 0.1) is 12.6 Å². The van der Waals surface area contributed by atoms with Crippen molar-refractivity contribution >= 4 is 34.8 Å². The first-order valence-corrected chi connectivity index (χ1v) is 12.6. The summed E-state index contributed by atoms with van der Waals surface area (Å²) >= 11 is 5.38. The highest BCUT2D eigenvalue weighted by atomic mass is 32.1. The van der Waals surface area contributed by atoms with E-state index in [1.165, 1.54) is 5.69 Å². The zero-order valence-corrected chi connectivity index (χ0v) is 20.7. The topological polar surface area (TPSA) is 89.2 Å². The van der Waals surface area contributed by atoms with Gasteiger partial charge in [0.1, 0.15) is 0 Å². The number of nitrogens with one attached hydrogen (secondary N) is 3. The average Bonchev–Trinajstić information content (AvgIpc) is 3.29. The second-order valence-corrected chi connectivity index (χ2v) is 9.59. The highest BCUT2D eigenvalue weighted by Gasteiger charge is 2.43. The molecule has 2 amide bonds. The van der Waals surface area contributed by atoms with Gasteiger partial charge in [-0.2, -0.15) is 0 Å². The number of piperazine rings is 2. The van der Waals surface area contributed by atoms with Gasteiger partial charge in [-0.3, -0.25) is 14.5 Å². The van der Waals surface area contributed by atoms with Gasteiger partial charge in [-0.1, -0.05) is 18.2 Å². The molecule has 3 aliphatic heterocycles. The Labute approximate surface area is 207 Å². The second-order valence-electron chi connectivity index (χ2n) is 9.18. The van der Waals surface area contributed by atoms with Crippen molar-refractivity contribution in [2.45, 2.75) is 37.4 Å². The first-order chi connectivity index (χ1) is 16.5. The highest BCUT2D eigenvalue weighted by molar-refractivity contribution is 7.80. The number of fused-ring (bicyclic) bond motifs is 1. The summed E-state index contributed by atoms with van der Waals surface area (Å²) in [4.78, 5) is 32.0. The quantitative estimate of drug-likeness (QED) is 0.353. The number of hydrogen-bond donors (Lipinski definition) is 3. The standard InChI is InChI=1S/C24H36N6O3S/c1-33-14-9-25-24(34)27-18-15-21-23(32)26-16-20(30(21)17-18)7-8-22(31)29-12-10-28(11-13-29)19-5-3-2-4-6-19/h2-6,18,20-21H,7-17H2,1H3,(H,26,32)(H2,25,27,34). The Morgan fingerprint density at radius 2 is 1.97 bits per heavy atom. The van der Waals surface area contributed by atoms with E-state index in [-0.39, 0.29) is 29.9 Å². The Kier molecular flexibility index (Phi) is 8.58. The van der Waals surface area contributed by atoms with Crippen LogP contribution >= 0.6 is 12.2 Å². The van der Waals surface area contributed by atoms with Gasteiger partial charge in [-0.25, -0.2) is 0 Å². The molecule has 0 aromatic heterocycles. The maximum absolute atomic E-state index is 12.9. The minimum atomic E-state index is -0.164. The summed E-state index contributed by atoms with van der Waals surface area (Å²) in [5, 5.41) is 10.1. The molecular weight excluding hydrogens is 452 g/mol. The molecule has 1 aromatic carbocycles. The van der Waals surface area contributed by atoms with E-state index >= 15 is 0 Å². The van der Waals surface area contributed by atoms with Crippen molar-refractivity contribution in [2.75, 3.05) is 64.4 Å². The molecule has 186 valence electrons. The molecule has 3 saturated heterocycles. The second kappa shape index (κ2) is 11.8. The zero-order chi connectivity index (χ0) is 23.9. The zero-order valence-electron chi connectivity index (χ0n) is 19.9. The fourth-order valence-electron chi connectivity index (χ4n) is 5.15. The minimum absolute atomic E-state index is 0.0715. The molecule has 0 bridgehead atoms. The normalized spacial score (nSPS) is 25.0. The van der Waals surface area contributed by atoms with Crippen molar-refractivity contribution in [1.82, 2.24) is 25.8 Å². The number of nitrogens with zero attached hydrogens (tertiary/aromatic N) is 3. The molecule has 3 N–H and O–H groups in total. The van der Waals surface area contributed by atoms with Crippen LogP contribution in [0.3, 0.4) is 0 Å². The van der Waals surface area contributed by atoms with Gasteiger partial charge >= 0.3 is 0 Å². The fraction of sp³-hybridized carbons (Fsp3) is 0.625. The van der Waals surface area contributed by atoms with Crippen LogP contribution in [-0.4, -0.2) is 104 Å². The molecule has 0 radical (unpaired) electrons. The third-order valence-electron chi connectivity index (χ3n) is 7.00. The van der Waals surface area contributed by atoms with Crippen molar-refractivity contribution in [3.05, 3.63) is 30.3 Å². The number of carbonyl (C=O) groups excluding carboxylic acids is 2. The Bertz CT molecular complexity index is 848. The number of rotatable bonds is 8. The lowest BCUT2D eigenvalue weighted by molar-refractivity contribution is -0.132. The Hall–Kier alpha value is -2.43. The summed E-state index contributed by atoms with van der Waals surface area (Å²) in [6.07, 6.45) is 1.96. The van der Waals surface area contributed by atoms with E-state index in [1.54, 1.807) is 7.11 Å². The van der Waals surface area contributed by atoms with Crippen LogP contribution in [0.2, 0.25) is 0 Å². The van der Waals surface area contributed by atoms with E-state index in [9.17, 15) is 9.59 Å². The van der Waals surface area contributed by atoms with Gasteiger partial charge in [0.2, 0.25) is 11.8 Å². The Morgan fingerprint density at radius 3 is 2.71 bits per heavy atom. The van der Waals surface area contributed by atoms with Crippen LogP contribution in [0, 0.1) is 0 Å². The molecule has 34 heavy (non-hydrogen) atoms. The summed E-state index contributed by atoms with van der Waals surface area (Å²) in [6, 6.07) is 10.5. The lowest BCUT2D eigenvalue weighted by Gasteiger charge is -2.38. The van der Waals surface area contributed by atoms with Crippen LogP contribution in [0.4, 0.5) is 5.69 Å². The number of hydrogen-bond acceptors (Lipinski definition) is 6. The predicted octanol–water partition coefficient (Wildman–Crippen LogP) is 0.167. The van der Waals surface area contributed by atoms with Gasteiger partial charge in [0, 0.05) is 77.1 Å². The Balaban J connectivity index is 1.23. The molecule has 0 aliphatic carbocycles. The van der Waals surface area contributed by atoms with Crippen LogP contribution in [0.1, 0.15) is 19.3 Å².